The lowest BCUT2D eigenvalue weighted by molar-refractivity contribution is -0.122. The monoisotopic (exact) mass is 274 g/mol. The van der Waals surface area contributed by atoms with Crippen LogP contribution in [0, 0.1) is 6.92 Å². The number of carbonyl (C=O) groups excluding carboxylic acids is 1. The molecule has 0 atom stereocenters. The van der Waals surface area contributed by atoms with E-state index in [0.29, 0.717) is 6.54 Å². The highest BCUT2D eigenvalue weighted by molar-refractivity contribution is 5.84. The van der Waals surface area contributed by atoms with Gasteiger partial charge in [-0.25, -0.2) is 9.48 Å². The summed E-state index contributed by atoms with van der Waals surface area (Å²) < 4.78 is 1.19. The lowest BCUT2D eigenvalue weighted by atomic mass is 10.1. The molecule has 2 rings (SSSR count). The van der Waals surface area contributed by atoms with E-state index in [1.807, 2.05) is 31.2 Å². The normalized spacial score (nSPS) is 10.2. The second kappa shape index (κ2) is 5.96. The Labute approximate surface area is 115 Å². The first-order valence-electron chi connectivity index (χ1n) is 6.01. The van der Waals surface area contributed by atoms with Crippen LogP contribution in [0.25, 0.3) is 0 Å². The molecule has 1 aromatic carbocycles. The number of aromatic nitrogens is 3. The fourth-order valence-electron chi connectivity index (χ4n) is 1.68. The number of nitrogens with zero attached hydrogens (tertiary/aromatic N) is 3. The van der Waals surface area contributed by atoms with E-state index in [1.54, 1.807) is 0 Å². The molecule has 2 N–H and O–H groups in total. The molecule has 0 aliphatic carbocycles. The van der Waals surface area contributed by atoms with Crippen molar-refractivity contribution in [2.75, 3.05) is 0 Å². The average Bonchev–Trinajstić information content (AvgIpc) is 2.86. The van der Waals surface area contributed by atoms with Crippen LogP contribution in [0.3, 0.4) is 0 Å². The molecular weight excluding hydrogens is 260 g/mol. The third kappa shape index (κ3) is 3.41. The molecule has 0 saturated carbocycles. The van der Waals surface area contributed by atoms with E-state index < -0.39 is 5.97 Å². The van der Waals surface area contributed by atoms with Gasteiger partial charge in [-0.3, -0.25) is 4.79 Å². The highest BCUT2D eigenvalue weighted by atomic mass is 16.4. The van der Waals surface area contributed by atoms with E-state index in [-0.39, 0.29) is 18.1 Å². The molecule has 104 valence electrons. The largest absolute Gasteiger partial charge is 0.476 e. The van der Waals surface area contributed by atoms with E-state index in [9.17, 15) is 9.59 Å². The van der Waals surface area contributed by atoms with Gasteiger partial charge in [-0.1, -0.05) is 29.5 Å². The van der Waals surface area contributed by atoms with Gasteiger partial charge in [-0.15, -0.1) is 5.10 Å². The molecule has 0 radical (unpaired) electrons. The number of carboxylic acids is 1. The standard InChI is InChI=1S/C13H14N4O3/c1-9-4-2-3-5-10(9)6-14-12(18)8-17-7-11(13(19)20)15-16-17/h2-5,7H,6,8H2,1H3,(H,14,18)(H,19,20). The zero-order valence-corrected chi connectivity index (χ0v) is 10.9. The number of nitrogens with one attached hydrogen (secondary N) is 1. The fraction of sp³-hybridized carbons (Fsp3) is 0.231. The highest BCUT2D eigenvalue weighted by Crippen LogP contribution is 2.05. The Balaban J connectivity index is 1.89. The Kier molecular flexibility index (Phi) is 4.09. The molecule has 0 fully saturated rings. The Hall–Kier alpha value is -2.70. The van der Waals surface area contributed by atoms with E-state index in [4.69, 9.17) is 5.11 Å². The van der Waals surface area contributed by atoms with Gasteiger partial charge in [-0.05, 0) is 18.1 Å². The molecule has 0 bridgehead atoms. The Morgan fingerprint density at radius 3 is 2.75 bits per heavy atom. The first-order valence-corrected chi connectivity index (χ1v) is 6.01. The van der Waals surface area contributed by atoms with Gasteiger partial charge in [0, 0.05) is 6.54 Å². The number of hydrogen-bond donors (Lipinski definition) is 2. The number of rotatable bonds is 5. The minimum Gasteiger partial charge on any atom is -0.476 e. The third-order valence-electron chi connectivity index (χ3n) is 2.80. The predicted molar refractivity (Wildman–Crippen MR) is 70.0 cm³/mol. The average molecular weight is 274 g/mol. The molecule has 0 saturated heterocycles. The molecular formula is C13H14N4O3. The van der Waals surface area contributed by atoms with E-state index in [2.05, 4.69) is 15.6 Å². The van der Waals surface area contributed by atoms with Crippen molar-refractivity contribution in [2.24, 2.45) is 0 Å². The van der Waals surface area contributed by atoms with Crippen molar-refractivity contribution in [3.8, 4) is 0 Å². The number of carbonyl (C=O) groups is 2. The van der Waals surface area contributed by atoms with Crippen LogP contribution in [-0.4, -0.2) is 32.0 Å². The van der Waals surface area contributed by atoms with Crippen molar-refractivity contribution < 1.29 is 14.7 Å². The van der Waals surface area contributed by atoms with Crippen molar-refractivity contribution in [3.63, 3.8) is 0 Å². The SMILES string of the molecule is Cc1ccccc1CNC(=O)Cn1cc(C(=O)O)nn1. The summed E-state index contributed by atoms with van der Waals surface area (Å²) in [6.45, 7) is 2.33. The van der Waals surface area contributed by atoms with Crippen molar-refractivity contribution in [1.29, 1.82) is 0 Å². The van der Waals surface area contributed by atoms with Gasteiger partial charge < -0.3 is 10.4 Å². The van der Waals surface area contributed by atoms with Gasteiger partial charge in [0.25, 0.3) is 0 Å². The molecule has 7 heteroatoms. The van der Waals surface area contributed by atoms with E-state index in [1.165, 1.54) is 10.9 Å². The molecule has 2 aromatic rings. The summed E-state index contributed by atoms with van der Waals surface area (Å²) in [6.07, 6.45) is 1.22. The Bertz CT molecular complexity index is 636. The molecule has 0 unspecified atom stereocenters. The summed E-state index contributed by atoms with van der Waals surface area (Å²) in [5.41, 5.74) is 1.95. The minimum absolute atomic E-state index is 0.0633. The third-order valence-corrected chi connectivity index (χ3v) is 2.80. The first-order chi connectivity index (χ1) is 9.56. The van der Waals surface area contributed by atoms with Crippen molar-refractivity contribution in [1.82, 2.24) is 20.3 Å². The van der Waals surface area contributed by atoms with Gasteiger partial charge in [0.05, 0.1) is 6.20 Å². The lowest BCUT2D eigenvalue weighted by Crippen LogP contribution is -2.27. The summed E-state index contributed by atoms with van der Waals surface area (Å²) in [5, 5.41) is 18.5. The van der Waals surface area contributed by atoms with Crippen LogP contribution in [-0.2, 0) is 17.9 Å². The molecule has 0 spiro atoms. The van der Waals surface area contributed by atoms with E-state index >= 15 is 0 Å². The summed E-state index contributed by atoms with van der Waals surface area (Å²) >= 11 is 0. The molecule has 7 nitrogen and oxygen atoms in total. The molecule has 1 aromatic heterocycles. The maximum atomic E-state index is 11.7. The molecule has 1 heterocycles. The number of carboxylic acid groups (broad SMARTS) is 1. The minimum atomic E-state index is -1.17. The molecule has 1 amide bonds. The van der Waals surface area contributed by atoms with Crippen LogP contribution in [0.2, 0.25) is 0 Å². The topological polar surface area (TPSA) is 97.1 Å². The smallest absolute Gasteiger partial charge is 0.358 e. The molecule has 0 aliphatic heterocycles. The lowest BCUT2D eigenvalue weighted by Gasteiger charge is -2.07. The van der Waals surface area contributed by atoms with Crippen molar-refractivity contribution >= 4 is 11.9 Å². The van der Waals surface area contributed by atoms with Crippen molar-refractivity contribution in [2.45, 2.75) is 20.0 Å². The van der Waals surface area contributed by atoms with Gasteiger partial charge in [0.15, 0.2) is 5.69 Å². The van der Waals surface area contributed by atoms with Crippen LogP contribution in [0.15, 0.2) is 30.5 Å². The Morgan fingerprint density at radius 1 is 1.35 bits per heavy atom. The van der Waals surface area contributed by atoms with Crippen LogP contribution in [0.1, 0.15) is 21.6 Å². The maximum Gasteiger partial charge on any atom is 0.358 e. The van der Waals surface area contributed by atoms with Gasteiger partial charge in [0.1, 0.15) is 6.54 Å². The number of benzene rings is 1. The maximum absolute atomic E-state index is 11.7. The van der Waals surface area contributed by atoms with Crippen molar-refractivity contribution in [3.05, 3.63) is 47.3 Å². The summed E-state index contributed by atoms with van der Waals surface area (Å²) in [6, 6.07) is 7.75. The molecule has 0 aliphatic rings. The zero-order chi connectivity index (χ0) is 14.5. The second-order valence-electron chi connectivity index (χ2n) is 4.31. The highest BCUT2D eigenvalue weighted by Gasteiger charge is 2.10. The summed E-state index contributed by atoms with van der Waals surface area (Å²) in [5.74, 6) is -1.42. The van der Waals surface area contributed by atoms with Gasteiger partial charge in [0.2, 0.25) is 5.91 Å². The summed E-state index contributed by atoms with van der Waals surface area (Å²) in [4.78, 5) is 22.4. The Morgan fingerprint density at radius 2 is 2.10 bits per heavy atom. The van der Waals surface area contributed by atoms with Gasteiger partial charge in [-0.2, -0.15) is 0 Å². The van der Waals surface area contributed by atoms with Crippen LogP contribution in [0.4, 0.5) is 0 Å². The van der Waals surface area contributed by atoms with Crippen LogP contribution in [0.5, 0.6) is 0 Å². The predicted octanol–water partition coefficient (Wildman–Crippen LogP) is 0.601. The second-order valence-corrected chi connectivity index (χ2v) is 4.31. The first kappa shape index (κ1) is 13.7. The number of aromatic carboxylic acids is 1. The van der Waals surface area contributed by atoms with Gasteiger partial charge >= 0.3 is 5.97 Å². The van der Waals surface area contributed by atoms with E-state index in [0.717, 1.165) is 11.1 Å². The quantitative estimate of drug-likeness (QED) is 0.832. The number of amides is 1. The fourth-order valence-corrected chi connectivity index (χ4v) is 1.68. The zero-order valence-electron chi connectivity index (χ0n) is 10.9. The molecule has 20 heavy (non-hydrogen) atoms. The summed E-state index contributed by atoms with van der Waals surface area (Å²) in [7, 11) is 0. The van der Waals surface area contributed by atoms with Crippen LogP contribution >= 0.6 is 0 Å². The van der Waals surface area contributed by atoms with Crippen LogP contribution < -0.4 is 5.32 Å². The number of hydrogen-bond acceptors (Lipinski definition) is 4. The number of aryl methyl sites for hydroxylation is 1.